The van der Waals surface area contributed by atoms with Crippen molar-refractivity contribution >= 4 is 39.2 Å². The topological polar surface area (TPSA) is 67.8 Å². The lowest BCUT2D eigenvalue weighted by atomic mass is 10.1. The molecule has 0 saturated heterocycles. The predicted octanol–water partition coefficient (Wildman–Crippen LogP) is 3.41. The maximum atomic E-state index is 12.6. The zero-order valence-electron chi connectivity index (χ0n) is 12.5. The van der Waals surface area contributed by atoms with Gasteiger partial charge in [0.1, 0.15) is 0 Å². The monoisotopic (exact) mass is 337 g/mol. The number of carbonyl (C=O) groups is 1. The molecule has 0 bridgehead atoms. The number of nitrogens with zero attached hydrogens (tertiary/aromatic N) is 2. The zero-order valence-corrected chi connectivity index (χ0v) is 13.2. The lowest BCUT2D eigenvalue weighted by molar-refractivity contribution is 0.0972. The van der Waals surface area contributed by atoms with Gasteiger partial charge >= 0.3 is 0 Å². The van der Waals surface area contributed by atoms with E-state index in [4.69, 9.17) is 11.6 Å². The molecule has 0 aliphatic carbocycles. The first kappa shape index (κ1) is 14.7. The number of hydrogen-bond donors (Lipinski definition) is 1. The first-order chi connectivity index (χ1) is 11.6. The Hall–Kier alpha value is -2.92. The van der Waals surface area contributed by atoms with Gasteiger partial charge in [-0.15, -0.1) is 0 Å². The first-order valence-electron chi connectivity index (χ1n) is 7.37. The van der Waals surface area contributed by atoms with Gasteiger partial charge in [-0.2, -0.15) is 0 Å². The summed E-state index contributed by atoms with van der Waals surface area (Å²) in [5.41, 5.74) is 1.72. The highest BCUT2D eigenvalue weighted by molar-refractivity contribution is 6.31. The molecular formula is C18H12ClN3O2. The van der Waals surface area contributed by atoms with Crippen molar-refractivity contribution in [3.8, 4) is 0 Å². The number of benzene rings is 2. The van der Waals surface area contributed by atoms with E-state index < -0.39 is 0 Å². The molecule has 0 unspecified atom stereocenters. The number of Topliss-reactive ketones (excluding diaryl/α,β-unsaturated/α-hetero) is 1. The summed E-state index contributed by atoms with van der Waals surface area (Å²) in [6.45, 7) is -0.0733. The molecule has 0 amide bonds. The Bertz CT molecular complexity index is 1140. The summed E-state index contributed by atoms with van der Waals surface area (Å²) in [5.74, 6) is -0.155. The van der Waals surface area contributed by atoms with E-state index in [1.54, 1.807) is 24.4 Å². The zero-order chi connectivity index (χ0) is 16.7. The standard InChI is InChI=1S/C18H12ClN3O2/c19-11-5-6-16-13(7-11)18(24)22(10-21-16)9-17(23)14-8-20-15-4-2-1-3-12(14)15/h1-8,10,20H,9H2. The average Bonchev–Trinajstić information content (AvgIpc) is 3.02. The highest BCUT2D eigenvalue weighted by atomic mass is 35.5. The molecule has 4 rings (SSSR count). The van der Waals surface area contributed by atoms with E-state index >= 15 is 0 Å². The van der Waals surface area contributed by atoms with E-state index in [2.05, 4.69) is 9.97 Å². The van der Waals surface area contributed by atoms with E-state index in [0.29, 0.717) is 21.5 Å². The second kappa shape index (κ2) is 5.62. The maximum absolute atomic E-state index is 12.6. The van der Waals surface area contributed by atoms with Crippen molar-refractivity contribution in [2.45, 2.75) is 6.54 Å². The molecule has 2 aromatic carbocycles. The largest absolute Gasteiger partial charge is 0.360 e. The number of aromatic amines is 1. The number of nitrogens with one attached hydrogen (secondary N) is 1. The summed E-state index contributed by atoms with van der Waals surface area (Å²) in [6, 6.07) is 12.5. The molecule has 0 saturated carbocycles. The summed E-state index contributed by atoms with van der Waals surface area (Å²) < 4.78 is 1.31. The predicted molar refractivity (Wildman–Crippen MR) is 93.6 cm³/mol. The number of carbonyl (C=O) groups excluding carboxylic acids is 1. The molecule has 1 N–H and O–H groups in total. The van der Waals surface area contributed by atoms with Crippen molar-refractivity contribution in [3.05, 3.63) is 75.9 Å². The molecule has 0 spiro atoms. The van der Waals surface area contributed by atoms with Crippen LogP contribution in [0, 0.1) is 0 Å². The lowest BCUT2D eigenvalue weighted by Crippen LogP contribution is -2.24. The number of rotatable bonds is 3. The van der Waals surface area contributed by atoms with Gasteiger partial charge in [0.05, 0.1) is 23.8 Å². The SMILES string of the molecule is O=C(Cn1cnc2ccc(Cl)cc2c1=O)c1c[nH]c2ccccc12. The fourth-order valence-corrected chi connectivity index (χ4v) is 2.96. The minimum absolute atomic E-state index is 0.0733. The Kier molecular flexibility index (Phi) is 3.43. The molecule has 0 radical (unpaired) electrons. The summed E-state index contributed by atoms with van der Waals surface area (Å²) in [6.07, 6.45) is 3.06. The molecule has 24 heavy (non-hydrogen) atoms. The Morgan fingerprint density at radius 3 is 2.88 bits per heavy atom. The van der Waals surface area contributed by atoms with Crippen LogP contribution in [-0.2, 0) is 6.54 Å². The summed E-state index contributed by atoms with van der Waals surface area (Å²) in [7, 11) is 0. The van der Waals surface area contributed by atoms with E-state index in [-0.39, 0.29) is 17.9 Å². The number of fused-ring (bicyclic) bond motifs is 2. The van der Waals surface area contributed by atoms with Gasteiger partial charge < -0.3 is 4.98 Å². The number of H-pyrrole nitrogens is 1. The number of halogens is 1. The normalized spacial score (nSPS) is 11.2. The van der Waals surface area contributed by atoms with Crippen LogP contribution in [0.15, 0.2) is 59.8 Å². The smallest absolute Gasteiger partial charge is 0.261 e. The van der Waals surface area contributed by atoms with Crippen molar-refractivity contribution in [2.75, 3.05) is 0 Å². The second-order valence-electron chi connectivity index (χ2n) is 5.51. The van der Waals surface area contributed by atoms with Gasteiger partial charge in [-0.3, -0.25) is 14.2 Å². The van der Waals surface area contributed by atoms with Crippen LogP contribution in [0.4, 0.5) is 0 Å². The molecule has 118 valence electrons. The van der Waals surface area contributed by atoms with Gasteiger partial charge in [0.15, 0.2) is 5.78 Å². The minimum Gasteiger partial charge on any atom is -0.360 e. The maximum Gasteiger partial charge on any atom is 0.261 e. The van der Waals surface area contributed by atoms with Crippen molar-refractivity contribution in [2.24, 2.45) is 0 Å². The Labute approximate surface area is 141 Å². The van der Waals surface area contributed by atoms with E-state index in [0.717, 1.165) is 10.9 Å². The van der Waals surface area contributed by atoms with Crippen molar-refractivity contribution < 1.29 is 4.79 Å². The molecule has 0 aliphatic rings. The molecule has 0 aliphatic heterocycles. The average molecular weight is 338 g/mol. The van der Waals surface area contributed by atoms with Gasteiger partial charge in [0.25, 0.3) is 5.56 Å². The molecule has 0 fully saturated rings. The molecule has 2 heterocycles. The summed E-state index contributed by atoms with van der Waals surface area (Å²) in [4.78, 5) is 32.5. The van der Waals surface area contributed by atoms with Crippen LogP contribution >= 0.6 is 11.6 Å². The lowest BCUT2D eigenvalue weighted by Gasteiger charge is -2.06. The molecule has 5 nitrogen and oxygen atoms in total. The number of ketones is 1. The van der Waals surface area contributed by atoms with Gasteiger partial charge in [-0.1, -0.05) is 29.8 Å². The van der Waals surface area contributed by atoms with E-state index in [1.165, 1.54) is 10.9 Å². The van der Waals surface area contributed by atoms with Crippen molar-refractivity contribution in [3.63, 3.8) is 0 Å². The van der Waals surface area contributed by atoms with Crippen molar-refractivity contribution in [1.29, 1.82) is 0 Å². The highest BCUT2D eigenvalue weighted by Crippen LogP contribution is 2.19. The third-order valence-electron chi connectivity index (χ3n) is 3.99. The van der Waals surface area contributed by atoms with Crippen LogP contribution in [0.25, 0.3) is 21.8 Å². The van der Waals surface area contributed by atoms with Crippen LogP contribution in [0.5, 0.6) is 0 Å². The number of para-hydroxylation sites is 1. The molecular weight excluding hydrogens is 326 g/mol. The summed E-state index contributed by atoms with van der Waals surface area (Å²) >= 11 is 5.95. The number of aromatic nitrogens is 3. The van der Waals surface area contributed by atoms with Crippen LogP contribution in [-0.4, -0.2) is 20.3 Å². The second-order valence-corrected chi connectivity index (χ2v) is 5.95. The van der Waals surface area contributed by atoms with Crippen LogP contribution in [0.2, 0.25) is 5.02 Å². The van der Waals surface area contributed by atoms with Gasteiger partial charge in [0, 0.05) is 27.7 Å². The van der Waals surface area contributed by atoms with Gasteiger partial charge in [-0.25, -0.2) is 4.98 Å². The molecule has 4 aromatic rings. The van der Waals surface area contributed by atoms with E-state index in [9.17, 15) is 9.59 Å². The third kappa shape index (κ3) is 2.39. The van der Waals surface area contributed by atoms with Crippen molar-refractivity contribution in [1.82, 2.24) is 14.5 Å². The molecule has 6 heteroatoms. The van der Waals surface area contributed by atoms with Crippen LogP contribution < -0.4 is 5.56 Å². The fourth-order valence-electron chi connectivity index (χ4n) is 2.79. The van der Waals surface area contributed by atoms with Crippen LogP contribution in [0.1, 0.15) is 10.4 Å². The fraction of sp³-hybridized carbons (Fsp3) is 0.0556. The molecule has 0 atom stereocenters. The van der Waals surface area contributed by atoms with E-state index in [1.807, 2.05) is 24.3 Å². The van der Waals surface area contributed by atoms with Gasteiger partial charge in [-0.05, 0) is 24.3 Å². The Balaban J connectivity index is 1.75. The highest BCUT2D eigenvalue weighted by Gasteiger charge is 2.14. The Morgan fingerprint density at radius 1 is 1.17 bits per heavy atom. The first-order valence-corrected chi connectivity index (χ1v) is 7.75. The summed E-state index contributed by atoms with van der Waals surface area (Å²) in [5, 5.41) is 1.70. The minimum atomic E-state index is -0.282. The quantitative estimate of drug-likeness (QED) is 0.582. The van der Waals surface area contributed by atoms with Crippen LogP contribution in [0.3, 0.4) is 0 Å². The number of hydrogen-bond acceptors (Lipinski definition) is 3. The molecule has 2 aromatic heterocycles. The Morgan fingerprint density at radius 2 is 2.00 bits per heavy atom. The van der Waals surface area contributed by atoms with Gasteiger partial charge in [0.2, 0.25) is 0 Å². The third-order valence-corrected chi connectivity index (χ3v) is 4.22.